The third kappa shape index (κ3) is 1.61. The topological polar surface area (TPSA) is 60.9 Å². The van der Waals surface area contributed by atoms with Crippen molar-refractivity contribution in [2.24, 2.45) is 0 Å². The van der Waals surface area contributed by atoms with E-state index in [-0.39, 0.29) is 0 Å². The fraction of sp³-hybridized carbons (Fsp3) is 0.0833. The molecule has 1 aromatic carbocycles. The normalized spacial score (nSPS) is 10.8. The second kappa shape index (κ2) is 3.86. The van der Waals surface area contributed by atoms with Crippen LogP contribution >= 0.6 is 0 Å². The van der Waals surface area contributed by atoms with Crippen LogP contribution in [0.4, 0.5) is 0 Å². The largest absolute Gasteiger partial charge is 0.343 e. The van der Waals surface area contributed by atoms with E-state index >= 15 is 0 Å². The maximum atomic E-state index is 10.9. The fourth-order valence-corrected chi connectivity index (χ4v) is 1.90. The monoisotopic (exact) mass is 227 g/mol. The van der Waals surface area contributed by atoms with Gasteiger partial charge in [0.1, 0.15) is 0 Å². The Morgan fingerprint density at radius 1 is 1.35 bits per heavy atom. The molecule has 3 aromatic rings. The first-order chi connectivity index (χ1) is 8.38. The van der Waals surface area contributed by atoms with Crippen molar-refractivity contribution in [2.45, 2.75) is 6.54 Å². The van der Waals surface area contributed by atoms with Gasteiger partial charge in [-0.15, -0.1) is 0 Å². The van der Waals surface area contributed by atoms with Crippen LogP contribution in [0.2, 0.25) is 0 Å². The zero-order chi connectivity index (χ0) is 11.7. The van der Waals surface area contributed by atoms with E-state index < -0.39 is 0 Å². The summed E-state index contributed by atoms with van der Waals surface area (Å²) in [6, 6.07) is 7.54. The van der Waals surface area contributed by atoms with Crippen molar-refractivity contribution < 1.29 is 9.32 Å². The first-order valence-electron chi connectivity index (χ1n) is 5.17. The third-order valence-corrected chi connectivity index (χ3v) is 2.69. The number of hydrogen-bond acceptors (Lipinski definition) is 4. The number of aromatic nitrogens is 3. The van der Waals surface area contributed by atoms with Gasteiger partial charge in [0.15, 0.2) is 12.1 Å². The number of benzene rings is 1. The maximum absolute atomic E-state index is 10.9. The molecule has 17 heavy (non-hydrogen) atoms. The van der Waals surface area contributed by atoms with Crippen LogP contribution in [0.3, 0.4) is 0 Å². The first-order valence-corrected chi connectivity index (χ1v) is 5.17. The molecule has 84 valence electrons. The maximum Gasteiger partial charge on any atom is 0.213 e. The fourth-order valence-electron chi connectivity index (χ4n) is 1.90. The highest BCUT2D eigenvalue weighted by Crippen LogP contribution is 2.19. The van der Waals surface area contributed by atoms with E-state index in [0.29, 0.717) is 17.9 Å². The average molecular weight is 227 g/mol. The minimum Gasteiger partial charge on any atom is -0.343 e. The molecule has 0 amide bonds. The number of nitrogens with zero attached hydrogens (tertiary/aromatic N) is 3. The van der Waals surface area contributed by atoms with Gasteiger partial charge in [-0.05, 0) is 12.1 Å². The number of aldehydes is 1. The lowest BCUT2D eigenvalue weighted by atomic mass is 10.1. The molecular formula is C12H9N3O2. The van der Waals surface area contributed by atoms with Crippen LogP contribution in [0, 0.1) is 0 Å². The summed E-state index contributed by atoms with van der Waals surface area (Å²) >= 11 is 0. The summed E-state index contributed by atoms with van der Waals surface area (Å²) in [7, 11) is 0. The number of hydrogen-bond donors (Lipinski definition) is 0. The van der Waals surface area contributed by atoms with Gasteiger partial charge < -0.3 is 9.09 Å². The molecule has 0 unspecified atom stereocenters. The van der Waals surface area contributed by atoms with Crippen molar-refractivity contribution in [2.75, 3.05) is 0 Å². The molecule has 0 aliphatic carbocycles. The Bertz CT molecular complexity index is 656. The lowest BCUT2D eigenvalue weighted by molar-refractivity contribution is 0.112. The Hall–Kier alpha value is -2.43. The highest BCUT2D eigenvalue weighted by atomic mass is 16.5. The second-order valence-corrected chi connectivity index (χ2v) is 3.69. The lowest BCUT2D eigenvalue weighted by Gasteiger charge is -2.01. The van der Waals surface area contributed by atoms with Gasteiger partial charge >= 0.3 is 0 Å². The van der Waals surface area contributed by atoms with E-state index in [1.54, 1.807) is 6.07 Å². The molecule has 0 bridgehead atoms. The van der Waals surface area contributed by atoms with Crippen LogP contribution in [0.1, 0.15) is 16.2 Å². The Morgan fingerprint density at radius 2 is 2.29 bits per heavy atom. The first kappa shape index (κ1) is 9.77. The van der Waals surface area contributed by atoms with Crippen LogP contribution in [0.5, 0.6) is 0 Å². The minimum atomic E-state index is 0.530. The molecule has 2 aromatic heterocycles. The van der Waals surface area contributed by atoms with E-state index in [0.717, 1.165) is 17.2 Å². The van der Waals surface area contributed by atoms with Gasteiger partial charge in [-0.1, -0.05) is 17.3 Å². The second-order valence-electron chi connectivity index (χ2n) is 3.69. The molecule has 0 aliphatic heterocycles. The van der Waals surface area contributed by atoms with Gasteiger partial charge in [0.25, 0.3) is 0 Å². The van der Waals surface area contributed by atoms with Gasteiger partial charge in [0.05, 0.1) is 6.54 Å². The Morgan fingerprint density at radius 3 is 3.06 bits per heavy atom. The van der Waals surface area contributed by atoms with Gasteiger partial charge in [0, 0.05) is 22.7 Å². The number of carbonyl (C=O) groups excluding carboxylic acids is 1. The molecule has 5 heteroatoms. The average Bonchev–Trinajstić information content (AvgIpc) is 2.99. The van der Waals surface area contributed by atoms with Gasteiger partial charge in [0.2, 0.25) is 6.39 Å². The van der Waals surface area contributed by atoms with E-state index in [1.165, 1.54) is 6.39 Å². The highest BCUT2D eigenvalue weighted by molar-refractivity contribution is 5.97. The summed E-state index contributed by atoms with van der Waals surface area (Å²) in [5.74, 6) is 0.610. The molecular weight excluding hydrogens is 218 g/mol. The molecule has 0 saturated heterocycles. The molecule has 0 spiro atoms. The quantitative estimate of drug-likeness (QED) is 0.641. The number of rotatable bonds is 3. The molecule has 3 rings (SSSR count). The summed E-state index contributed by atoms with van der Waals surface area (Å²) in [4.78, 5) is 14.9. The van der Waals surface area contributed by atoms with Crippen LogP contribution in [-0.4, -0.2) is 21.0 Å². The van der Waals surface area contributed by atoms with Crippen LogP contribution in [0.25, 0.3) is 10.9 Å². The van der Waals surface area contributed by atoms with E-state index in [2.05, 4.69) is 14.7 Å². The van der Waals surface area contributed by atoms with Gasteiger partial charge in [-0.2, -0.15) is 4.98 Å². The molecule has 0 fully saturated rings. The number of carbonyl (C=O) groups is 1. The predicted octanol–water partition coefficient (Wildman–Crippen LogP) is 1.89. The number of fused-ring (bicyclic) bond motifs is 1. The predicted molar refractivity (Wildman–Crippen MR) is 60.7 cm³/mol. The zero-order valence-corrected chi connectivity index (χ0v) is 8.91. The summed E-state index contributed by atoms with van der Waals surface area (Å²) in [6.45, 7) is 0.530. The summed E-state index contributed by atoms with van der Waals surface area (Å²) < 4.78 is 6.67. The third-order valence-electron chi connectivity index (χ3n) is 2.69. The SMILES string of the molecule is O=Cc1cccc2c1ccn2Cc1ncon1. The van der Waals surface area contributed by atoms with Crippen molar-refractivity contribution in [3.8, 4) is 0 Å². The van der Waals surface area contributed by atoms with E-state index in [9.17, 15) is 4.79 Å². The molecule has 0 atom stereocenters. The molecule has 5 nitrogen and oxygen atoms in total. The van der Waals surface area contributed by atoms with Crippen molar-refractivity contribution in [1.82, 2.24) is 14.7 Å². The van der Waals surface area contributed by atoms with Crippen molar-refractivity contribution in [3.63, 3.8) is 0 Å². The van der Waals surface area contributed by atoms with Crippen molar-refractivity contribution >= 4 is 17.2 Å². The Balaban J connectivity index is 2.09. The molecule has 0 aliphatic rings. The van der Waals surface area contributed by atoms with Gasteiger partial charge in [-0.3, -0.25) is 4.79 Å². The molecule has 0 N–H and O–H groups in total. The van der Waals surface area contributed by atoms with E-state index in [4.69, 9.17) is 0 Å². The van der Waals surface area contributed by atoms with Crippen LogP contribution < -0.4 is 0 Å². The molecule has 0 saturated carbocycles. The van der Waals surface area contributed by atoms with Crippen molar-refractivity contribution in [3.05, 3.63) is 48.2 Å². The molecule has 2 heterocycles. The summed E-state index contributed by atoms with van der Waals surface area (Å²) in [6.07, 6.45) is 4.08. The highest BCUT2D eigenvalue weighted by Gasteiger charge is 2.06. The van der Waals surface area contributed by atoms with Gasteiger partial charge in [-0.25, -0.2) is 0 Å². The van der Waals surface area contributed by atoms with Crippen LogP contribution in [-0.2, 0) is 6.54 Å². The standard InChI is InChI=1S/C12H9N3O2/c16-7-9-2-1-3-11-10(9)4-5-15(11)6-12-13-8-17-14-12/h1-5,7-8H,6H2. The Labute approximate surface area is 96.7 Å². The summed E-state index contributed by atoms with van der Waals surface area (Å²) in [5.41, 5.74) is 1.67. The van der Waals surface area contributed by atoms with E-state index in [1.807, 2.05) is 29.0 Å². The van der Waals surface area contributed by atoms with Crippen molar-refractivity contribution in [1.29, 1.82) is 0 Å². The Kier molecular flexibility index (Phi) is 2.22. The minimum absolute atomic E-state index is 0.530. The lowest BCUT2D eigenvalue weighted by Crippen LogP contribution is -1.99. The van der Waals surface area contributed by atoms with Crippen LogP contribution in [0.15, 0.2) is 41.4 Å². The zero-order valence-electron chi connectivity index (χ0n) is 8.91. The summed E-state index contributed by atoms with van der Waals surface area (Å²) in [5, 5.41) is 4.70. The smallest absolute Gasteiger partial charge is 0.213 e. The molecule has 0 radical (unpaired) electrons.